The van der Waals surface area contributed by atoms with Gasteiger partial charge in [-0.05, 0) is 18.3 Å². The molecule has 9 heteroatoms. The molecule has 0 N–H and O–H groups in total. The van der Waals surface area contributed by atoms with Gasteiger partial charge in [-0.1, -0.05) is 6.92 Å². The van der Waals surface area contributed by atoms with Crippen LogP contribution >= 0.6 is 11.8 Å². The van der Waals surface area contributed by atoms with Crippen molar-refractivity contribution in [1.82, 2.24) is 4.90 Å². The monoisotopic (exact) mass is 267 g/mol. The first-order valence-electron chi connectivity index (χ1n) is 4.16. The average Bonchev–Trinajstić information content (AvgIpc) is 2.40. The molecule has 1 aliphatic rings. The lowest BCUT2D eigenvalue weighted by Gasteiger charge is -2.38. The number of halogens is 6. The van der Waals surface area contributed by atoms with Gasteiger partial charge >= 0.3 is 12.4 Å². The topological polar surface area (TPSA) is 20.3 Å². The van der Waals surface area contributed by atoms with Crippen molar-refractivity contribution in [2.24, 2.45) is 0 Å². The summed E-state index contributed by atoms with van der Waals surface area (Å²) < 4.78 is 75.5. The van der Waals surface area contributed by atoms with Crippen molar-refractivity contribution in [3.8, 4) is 0 Å². The number of hydrogen-bond acceptors (Lipinski definition) is 3. The Morgan fingerprint density at radius 3 is 1.94 bits per heavy atom. The number of rotatable bonds is 1. The molecule has 1 rings (SSSR count). The minimum Gasteiger partial charge on any atom is -0.286 e. The molecule has 16 heavy (non-hydrogen) atoms. The van der Waals surface area contributed by atoms with Gasteiger partial charge in [-0.2, -0.15) is 26.3 Å². The predicted octanol–water partition coefficient (Wildman–Crippen LogP) is 2.40. The van der Waals surface area contributed by atoms with E-state index in [0.29, 0.717) is 0 Å². The van der Waals surface area contributed by atoms with Crippen LogP contribution in [-0.2, 0) is 4.79 Å². The summed E-state index contributed by atoms with van der Waals surface area (Å²) in [7, 11) is 0. The quantitative estimate of drug-likeness (QED) is 0.680. The first-order valence-corrected chi connectivity index (χ1v) is 4.98. The van der Waals surface area contributed by atoms with Crippen LogP contribution in [0.1, 0.15) is 6.92 Å². The van der Waals surface area contributed by atoms with Gasteiger partial charge in [0.25, 0.3) is 4.87 Å². The molecule has 0 atom stereocenters. The molecule has 0 radical (unpaired) electrons. The summed E-state index contributed by atoms with van der Waals surface area (Å²) in [4.78, 5) is 6.85. The molecule has 2 nitrogen and oxygen atoms in total. The number of thioether (sulfide) groups is 1. The van der Waals surface area contributed by atoms with Crippen LogP contribution in [0, 0.1) is 0 Å². The van der Waals surface area contributed by atoms with Gasteiger partial charge in [0.15, 0.2) is 0 Å². The number of hydrogen-bond donors (Lipinski definition) is 0. The van der Waals surface area contributed by atoms with Crippen LogP contribution in [0.4, 0.5) is 26.3 Å². The smallest absolute Gasteiger partial charge is 0.286 e. The van der Waals surface area contributed by atoms with Crippen LogP contribution in [0.5, 0.6) is 0 Å². The van der Waals surface area contributed by atoms with Crippen molar-refractivity contribution >= 4 is 16.9 Å². The number of likely N-dealkylation sites (N-methyl/N-ethyl adjacent to an activating group) is 1. The predicted molar refractivity (Wildman–Crippen MR) is 44.7 cm³/mol. The molecule has 1 saturated heterocycles. The normalized spacial score (nSPS) is 22.8. The molecule has 1 heterocycles. The van der Waals surface area contributed by atoms with Crippen molar-refractivity contribution in [3.05, 3.63) is 0 Å². The molecule has 0 aromatic rings. The largest absolute Gasteiger partial charge is 0.425 e. The fourth-order valence-corrected chi connectivity index (χ4v) is 2.60. The van der Waals surface area contributed by atoms with Crippen LogP contribution in [-0.4, -0.2) is 40.3 Å². The van der Waals surface area contributed by atoms with Crippen LogP contribution in [0.2, 0.25) is 0 Å². The van der Waals surface area contributed by atoms with Crippen LogP contribution < -0.4 is 0 Å². The maximum atomic E-state index is 12.6. The third kappa shape index (κ3) is 1.79. The fourth-order valence-electron chi connectivity index (χ4n) is 1.50. The summed E-state index contributed by atoms with van der Waals surface area (Å²) in [5, 5.41) is -1.13. The molecular formula is C7H7F6NOS. The third-order valence-electron chi connectivity index (χ3n) is 2.18. The van der Waals surface area contributed by atoms with E-state index in [1.807, 2.05) is 0 Å². The van der Waals surface area contributed by atoms with Crippen LogP contribution in [0.25, 0.3) is 0 Å². The Kier molecular flexibility index (Phi) is 3.23. The Hall–Kier alpha value is -0.440. The number of nitrogens with zero attached hydrogens (tertiary/aromatic N) is 1. The van der Waals surface area contributed by atoms with E-state index in [2.05, 4.69) is 0 Å². The molecule has 1 fully saturated rings. The molecule has 0 saturated carbocycles. The third-order valence-corrected chi connectivity index (χ3v) is 3.55. The summed E-state index contributed by atoms with van der Waals surface area (Å²) in [6, 6.07) is 0. The van der Waals surface area contributed by atoms with Gasteiger partial charge in [-0.25, -0.2) is 0 Å². The number of carbonyl (C=O) groups is 1. The molecular weight excluding hydrogens is 260 g/mol. The minimum atomic E-state index is -5.54. The maximum absolute atomic E-state index is 12.6. The van der Waals surface area contributed by atoms with E-state index in [0.717, 1.165) is 6.92 Å². The van der Waals surface area contributed by atoms with E-state index in [1.165, 1.54) is 0 Å². The molecule has 0 spiro atoms. The zero-order chi connectivity index (χ0) is 12.8. The Labute approximate surface area is 91.0 Å². The second-order valence-electron chi connectivity index (χ2n) is 3.13. The lowest BCUT2D eigenvalue weighted by atomic mass is 10.2. The standard InChI is InChI=1S/C7H7F6NOS/c1-2-14-3-4(15)16-5(14,6(8,9)10)7(11,12)13/h2-3H2,1H3. The Bertz CT molecular complexity index is 284. The Morgan fingerprint density at radius 1 is 1.25 bits per heavy atom. The Balaban J connectivity index is 3.30. The van der Waals surface area contributed by atoms with Crippen LogP contribution in [0.15, 0.2) is 0 Å². The Morgan fingerprint density at radius 2 is 1.69 bits per heavy atom. The summed E-state index contributed by atoms with van der Waals surface area (Å²) in [5.41, 5.74) is 0. The second-order valence-corrected chi connectivity index (χ2v) is 4.38. The molecule has 0 amide bonds. The van der Waals surface area contributed by atoms with E-state index in [-0.39, 0.29) is 4.90 Å². The van der Waals surface area contributed by atoms with Gasteiger partial charge in [0.05, 0.1) is 6.54 Å². The van der Waals surface area contributed by atoms with Gasteiger partial charge in [0.1, 0.15) is 0 Å². The lowest BCUT2D eigenvalue weighted by Crippen LogP contribution is -2.62. The van der Waals surface area contributed by atoms with Crippen molar-refractivity contribution < 1.29 is 31.1 Å². The maximum Gasteiger partial charge on any atom is 0.425 e. The molecule has 1 aliphatic heterocycles. The zero-order valence-electron chi connectivity index (χ0n) is 7.95. The van der Waals surface area contributed by atoms with E-state index in [1.54, 1.807) is 0 Å². The van der Waals surface area contributed by atoms with Crippen molar-refractivity contribution in [1.29, 1.82) is 0 Å². The highest BCUT2D eigenvalue weighted by molar-refractivity contribution is 8.15. The second kappa shape index (κ2) is 3.80. The van der Waals surface area contributed by atoms with Crippen LogP contribution in [0.3, 0.4) is 0 Å². The van der Waals surface area contributed by atoms with Gasteiger partial charge in [-0.15, -0.1) is 0 Å². The van der Waals surface area contributed by atoms with Gasteiger partial charge in [0.2, 0.25) is 5.12 Å². The van der Waals surface area contributed by atoms with E-state index in [9.17, 15) is 31.1 Å². The first kappa shape index (κ1) is 13.6. The van der Waals surface area contributed by atoms with Gasteiger partial charge in [0, 0.05) is 0 Å². The van der Waals surface area contributed by atoms with Gasteiger partial charge < -0.3 is 0 Å². The van der Waals surface area contributed by atoms with Gasteiger partial charge in [-0.3, -0.25) is 9.69 Å². The summed E-state index contributed by atoms with van der Waals surface area (Å²) in [6.07, 6.45) is -11.1. The molecule has 0 aromatic carbocycles. The summed E-state index contributed by atoms with van der Waals surface area (Å²) >= 11 is -0.703. The SMILES string of the molecule is CCN1CC(=O)SC1(C(F)(F)F)C(F)(F)F. The highest BCUT2D eigenvalue weighted by Crippen LogP contribution is 2.57. The summed E-state index contributed by atoms with van der Waals surface area (Å²) in [6.45, 7) is -0.205. The summed E-state index contributed by atoms with van der Waals surface area (Å²) in [5.74, 6) is 0. The highest BCUT2D eigenvalue weighted by atomic mass is 32.2. The molecule has 0 aliphatic carbocycles. The number of alkyl halides is 6. The molecule has 0 aromatic heterocycles. The van der Waals surface area contributed by atoms with Crippen molar-refractivity contribution in [3.63, 3.8) is 0 Å². The highest BCUT2D eigenvalue weighted by Gasteiger charge is 2.77. The van der Waals surface area contributed by atoms with E-state index in [4.69, 9.17) is 0 Å². The van der Waals surface area contributed by atoms with E-state index >= 15 is 0 Å². The zero-order valence-corrected chi connectivity index (χ0v) is 8.76. The fraction of sp³-hybridized carbons (Fsp3) is 0.857. The van der Waals surface area contributed by atoms with Crippen molar-refractivity contribution in [2.45, 2.75) is 24.1 Å². The first-order chi connectivity index (χ1) is 7.06. The minimum absolute atomic E-state index is 0.0972. The molecule has 0 bridgehead atoms. The molecule has 94 valence electrons. The lowest BCUT2D eigenvalue weighted by molar-refractivity contribution is -0.299. The average molecular weight is 267 g/mol. The van der Waals surface area contributed by atoms with Crippen molar-refractivity contribution in [2.75, 3.05) is 13.1 Å². The number of carbonyl (C=O) groups excluding carboxylic acids is 1. The molecule has 0 unspecified atom stereocenters. The van der Waals surface area contributed by atoms with E-state index < -0.39 is 47.2 Å².